The van der Waals surface area contributed by atoms with E-state index in [0.29, 0.717) is 0 Å². The number of benzene rings is 6. The second-order valence-electron chi connectivity index (χ2n) is 11.9. The first-order valence-corrected chi connectivity index (χ1v) is 16.2. The Bertz CT molecular complexity index is 2580. The summed E-state index contributed by atoms with van der Waals surface area (Å²) in [6.07, 6.45) is 1.84. The van der Waals surface area contributed by atoms with E-state index in [0.717, 1.165) is 89.1 Å². The molecule has 5 heteroatoms. The minimum Gasteiger partial charge on any atom is -0.456 e. The number of para-hydroxylation sites is 1. The molecule has 6 aromatic carbocycles. The zero-order chi connectivity index (χ0) is 32.6. The van der Waals surface area contributed by atoms with E-state index >= 15 is 0 Å². The summed E-state index contributed by atoms with van der Waals surface area (Å²) >= 11 is 0. The van der Waals surface area contributed by atoms with E-state index in [-0.39, 0.29) is 0 Å². The fourth-order valence-corrected chi connectivity index (χ4v) is 6.88. The van der Waals surface area contributed by atoms with Gasteiger partial charge in [0.1, 0.15) is 22.6 Å². The molecule has 0 saturated heterocycles. The highest BCUT2D eigenvalue weighted by atomic mass is 16.3. The average molecular weight is 629 g/mol. The van der Waals surface area contributed by atoms with Crippen molar-refractivity contribution in [3.05, 3.63) is 170 Å². The van der Waals surface area contributed by atoms with Crippen LogP contribution in [-0.2, 0) is 0 Å². The zero-order valence-electron chi connectivity index (χ0n) is 26.4. The molecule has 0 radical (unpaired) electrons. The highest BCUT2D eigenvalue weighted by Gasteiger charge is 2.27. The fraction of sp³-hybridized carbons (Fsp3) is 0. The third kappa shape index (κ3) is 4.96. The topological polar surface area (TPSA) is 64.7 Å². The molecule has 0 saturated carbocycles. The van der Waals surface area contributed by atoms with Crippen LogP contribution in [0.3, 0.4) is 0 Å². The zero-order valence-corrected chi connectivity index (χ0v) is 26.4. The minimum atomic E-state index is 0.733. The van der Waals surface area contributed by atoms with Crippen molar-refractivity contribution in [3.63, 3.8) is 0 Å². The molecule has 0 spiro atoms. The molecule has 9 rings (SSSR count). The van der Waals surface area contributed by atoms with Crippen molar-refractivity contribution in [3.8, 4) is 67.2 Å². The van der Waals surface area contributed by atoms with E-state index in [4.69, 9.17) is 14.5 Å². The number of fused-ring (bicyclic) bond motifs is 3. The van der Waals surface area contributed by atoms with E-state index in [2.05, 4.69) is 107 Å². The second kappa shape index (κ2) is 12.1. The molecule has 49 heavy (non-hydrogen) atoms. The van der Waals surface area contributed by atoms with Gasteiger partial charge in [0.25, 0.3) is 0 Å². The van der Waals surface area contributed by atoms with Crippen molar-refractivity contribution < 1.29 is 4.42 Å². The van der Waals surface area contributed by atoms with Crippen molar-refractivity contribution in [2.45, 2.75) is 0 Å². The Morgan fingerprint density at radius 3 is 1.80 bits per heavy atom. The van der Waals surface area contributed by atoms with Gasteiger partial charge in [0, 0.05) is 50.4 Å². The maximum atomic E-state index is 6.51. The molecule has 0 bridgehead atoms. The van der Waals surface area contributed by atoms with E-state index in [1.807, 2.05) is 72.9 Å². The SMILES string of the molecule is c1ccc(-c2ccc3oc4ccccc4c3c2-c2c(-c3ccccn3)cccc2-c2nnnc(-c3ccccc3)c2-c2ccccc2)cc1. The van der Waals surface area contributed by atoms with Crippen LogP contribution in [0.15, 0.2) is 174 Å². The van der Waals surface area contributed by atoms with Crippen LogP contribution >= 0.6 is 0 Å². The normalized spacial score (nSPS) is 11.3. The third-order valence-corrected chi connectivity index (χ3v) is 9.01. The van der Waals surface area contributed by atoms with Crippen LogP contribution in [0.5, 0.6) is 0 Å². The van der Waals surface area contributed by atoms with E-state index in [1.54, 1.807) is 0 Å². The smallest absolute Gasteiger partial charge is 0.136 e. The van der Waals surface area contributed by atoms with Crippen LogP contribution in [-0.4, -0.2) is 20.4 Å². The second-order valence-corrected chi connectivity index (χ2v) is 11.9. The summed E-state index contributed by atoms with van der Waals surface area (Å²) < 4.78 is 6.51. The number of aromatic nitrogens is 4. The summed E-state index contributed by atoms with van der Waals surface area (Å²) in [6, 6.07) is 55.9. The first-order chi connectivity index (χ1) is 24.3. The van der Waals surface area contributed by atoms with E-state index in [1.165, 1.54) is 0 Å². The van der Waals surface area contributed by atoms with Crippen molar-refractivity contribution in [1.29, 1.82) is 0 Å². The standard InChI is InChI=1S/C44H28N4O/c1-4-15-29(16-5-1)32-26-27-38-41(34-21-10-11-25-37(34)49-38)42(32)40-33(36-24-12-13-28-45-36)22-14-23-35(40)44-39(30-17-6-2-7-18-30)43(46-48-47-44)31-19-8-3-9-20-31/h1-28H. The summed E-state index contributed by atoms with van der Waals surface area (Å²) in [6.45, 7) is 0. The van der Waals surface area contributed by atoms with Crippen LogP contribution in [0.2, 0.25) is 0 Å². The lowest BCUT2D eigenvalue weighted by Gasteiger charge is -2.21. The van der Waals surface area contributed by atoms with Gasteiger partial charge in [0.2, 0.25) is 0 Å². The van der Waals surface area contributed by atoms with Gasteiger partial charge in [0.15, 0.2) is 0 Å². The van der Waals surface area contributed by atoms with Gasteiger partial charge in [-0.3, -0.25) is 4.98 Å². The van der Waals surface area contributed by atoms with Gasteiger partial charge in [-0.1, -0.05) is 140 Å². The maximum absolute atomic E-state index is 6.51. The highest BCUT2D eigenvalue weighted by Crippen LogP contribution is 2.50. The quantitative estimate of drug-likeness (QED) is 0.183. The number of hydrogen-bond donors (Lipinski definition) is 0. The molecule has 0 atom stereocenters. The Hall–Kier alpha value is -6.72. The predicted octanol–water partition coefficient (Wildman–Crippen LogP) is 11.2. The lowest BCUT2D eigenvalue weighted by molar-refractivity contribution is 0.669. The molecule has 0 aliphatic carbocycles. The Kier molecular flexibility index (Phi) is 7.06. The van der Waals surface area contributed by atoms with Gasteiger partial charge in [-0.2, -0.15) is 0 Å². The molecule has 0 fully saturated rings. The van der Waals surface area contributed by atoms with Gasteiger partial charge < -0.3 is 4.42 Å². The largest absolute Gasteiger partial charge is 0.456 e. The van der Waals surface area contributed by atoms with Crippen LogP contribution < -0.4 is 0 Å². The Labute approximate surface area is 283 Å². The number of pyridine rings is 1. The molecule has 0 aliphatic heterocycles. The van der Waals surface area contributed by atoms with Crippen LogP contribution in [0.1, 0.15) is 0 Å². The molecule has 3 heterocycles. The van der Waals surface area contributed by atoms with Crippen LogP contribution in [0.4, 0.5) is 0 Å². The monoisotopic (exact) mass is 628 g/mol. The summed E-state index contributed by atoms with van der Waals surface area (Å²) in [7, 11) is 0. The van der Waals surface area contributed by atoms with Crippen molar-refractivity contribution >= 4 is 21.9 Å². The molecule has 0 amide bonds. The summed E-state index contributed by atoms with van der Waals surface area (Å²) in [5.41, 5.74) is 13.0. The molecule has 5 nitrogen and oxygen atoms in total. The van der Waals surface area contributed by atoms with Crippen LogP contribution in [0, 0.1) is 0 Å². The molecular weight excluding hydrogens is 601 g/mol. The Morgan fingerprint density at radius 2 is 1.04 bits per heavy atom. The minimum absolute atomic E-state index is 0.733. The van der Waals surface area contributed by atoms with Gasteiger partial charge in [0.05, 0.1) is 5.69 Å². The van der Waals surface area contributed by atoms with Gasteiger partial charge >= 0.3 is 0 Å². The summed E-state index contributed by atoms with van der Waals surface area (Å²) in [5.74, 6) is 0. The summed E-state index contributed by atoms with van der Waals surface area (Å²) in [4.78, 5) is 4.88. The number of rotatable bonds is 6. The summed E-state index contributed by atoms with van der Waals surface area (Å²) in [5, 5.41) is 16.0. The van der Waals surface area contributed by atoms with Crippen LogP contribution in [0.25, 0.3) is 89.1 Å². The molecule has 9 aromatic rings. The number of hydrogen-bond acceptors (Lipinski definition) is 5. The molecule has 230 valence electrons. The molecule has 0 aliphatic rings. The Morgan fingerprint density at radius 1 is 0.388 bits per heavy atom. The Balaban J connectivity index is 1.47. The van der Waals surface area contributed by atoms with Crippen molar-refractivity contribution in [1.82, 2.24) is 20.4 Å². The van der Waals surface area contributed by atoms with Crippen molar-refractivity contribution in [2.24, 2.45) is 0 Å². The number of nitrogens with zero attached hydrogens (tertiary/aromatic N) is 4. The van der Waals surface area contributed by atoms with E-state index < -0.39 is 0 Å². The van der Waals surface area contributed by atoms with Gasteiger partial charge in [-0.25, -0.2) is 0 Å². The molecule has 0 unspecified atom stereocenters. The maximum Gasteiger partial charge on any atom is 0.136 e. The molecular formula is C44H28N4O. The number of furan rings is 1. The third-order valence-electron chi connectivity index (χ3n) is 9.01. The lowest BCUT2D eigenvalue weighted by Crippen LogP contribution is -2.02. The molecule has 0 N–H and O–H groups in total. The van der Waals surface area contributed by atoms with Crippen molar-refractivity contribution in [2.75, 3.05) is 0 Å². The average Bonchev–Trinajstić information content (AvgIpc) is 3.57. The first kappa shape index (κ1) is 28.5. The van der Waals surface area contributed by atoms with Gasteiger partial charge in [-0.15, -0.1) is 10.2 Å². The fourth-order valence-electron chi connectivity index (χ4n) is 6.88. The first-order valence-electron chi connectivity index (χ1n) is 16.2. The lowest BCUT2D eigenvalue weighted by atomic mass is 9.83. The predicted molar refractivity (Wildman–Crippen MR) is 198 cm³/mol. The molecule has 3 aromatic heterocycles. The van der Waals surface area contributed by atoms with E-state index in [9.17, 15) is 0 Å². The van der Waals surface area contributed by atoms with Gasteiger partial charge in [-0.05, 0) is 46.2 Å². The highest BCUT2D eigenvalue weighted by molar-refractivity contribution is 6.19.